The Hall–Kier alpha value is -2.04. The lowest BCUT2D eigenvalue weighted by molar-refractivity contribution is -0.114. The second kappa shape index (κ2) is 8.56. The third-order valence-electron chi connectivity index (χ3n) is 2.43. The van der Waals surface area contributed by atoms with Crippen LogP contribution < -0.4 is 20.1 Å². The van der Waals surface area contributed by atoms with Crippen molar-refractivity contribution in [1.29, 1.82) is 0 Å². The van der Waals surface area contributed by atoms with Crippen LogP contribution >= 0.6 is 0 Å². The van der Waals surface area contributed by atoms with E-state index in [-0.39, 0.29) is 30.7 Å². The van der Waals surface area contributed by atoms with Gasteiger partial charge in [-0.3, -0.25) is 9.59 Å². The maximum atomic E-state index is 12.0. The van der Waals surface area contributed by atoms with Crippen molar-refractivity contribution >= 4 is 27.7 Å². The van der Waals surface area contributed by atoms with Crippen molar-refractivity contribution in [3.05, 3.63) is 24.0 Å². The molecule has 0 unspecified atom stereocenters. The summed E-state index contributed by atoms with van der Waals surface area (Å²) in [5.41, 5.74) is 0.352. The first kappa shape index (κ1) is 19.0. The third kappa shape index (κ3) is 7.17. The molecule has 1 aromatic heterocycles. The van der Waals surface area contributed by atoms with Gasteiger partial charge in [0.05, 0.1) is 5.69 Å². The van der Waals surface area contributed by atoms with Crippen LogP contribution in [0.5, 0.6) is 0 Å². The molecule has 2 amide bonds. The molecule has 0 spiro atoms. The molecule has 0 fully saturated rings. The van der Waals surface area contributed by atoms with E-state index in [0.29, 0.717) is 5.69 Å². The van der Waals surface area contributed by atoms with Gasteiger partial charge in [-0.25, -0.2) is 9.71 Å². The molecule has 1 aromatic rings. The number of carbonyl (C=O) groups excluding carboxylic acids is 2. The maximum absolute atomic E-state index is 12.0. The zero-order chi connectivity index (χ0) is 17.5. The molecule has 0 saturated heterocycles. The van der Waals surface area contributed by atoms with Crippen molar-refractivity contribution in [2.24, 2.45) is 0 Å². The van der Waals surface area contributed by atoms with Gasteiger partial charge in [-0.15, -0.1) is 0 Å². The fourth-order valence-electron chi connectivity index (χ4n) is 1.67. The van der Waals surface area contributed by atoms with E-state index in [1.54, 1.807) is 26.0 Å². The quantitative estimate of drug-likeness (QED) is 0.477. The predicted molar refractivity (Wildman–Crippen MR) is 86.1 cm³/mol. The SMILES string of the molecule is CC(=O)Nc1cccnc1C(=O)NCCNS(=O)(=O)NC(C)C. The van der Waals surface area contributed by atoms with E-state index < -0.39 is 16.1 Å². The van der Waals surface area contributed by atoms with E-state index in [9.17, 15) is 18.0 Å². The standard InChI is InChI=1S/C13H21N5O4S/c1-9(2)18-23(21,22)16-8-7-15-13(20)12-11(17-10(3)19)5-4-6-14-12/h4-6,9,16,18H,7-8H2,1-3H3,(H,15,20)(H,17,19). The highest BCUT2D eigenvalue weighted by atomic mass is 32.2. The van der Waals surface area contributed by atoms with Gasteiger partial charge in [-0.05, 0) is 26.0 Å². The molecule has 4 N–H and O–H groups in total. The molecule has 0 aromatic carbocycles. The Labute approximate surface area is 135 Å². The number of nitrogens with one attached hydrogen (secondary N) is 4. The fraction of sp³-hybridized carbons (Fsp3) is 0.462. The van der Waals surface area contributed by atoms with E-state index >= 15 is 0 Å². The first-order valence-electron chi connectivity index (χ1n) is 6.99. The number of aromatic nitrogens is 1. The predicted octanol–water partition coefficient (Wildman–Crippen LogP) is -0.398. The first-order chi connectivity index (χ1) is 10.7. The van der Waals surface area contributed by atoms with Gasteiger partial charge < -0.3 is 10.6 Å². The number of carbonyl (C=O) groups is 2. The highest BCUT2D eigenvalue weighted by Crippen LogP contribution is 2.11. The molecular weight excluding hydrogens is 322 g/mol. The van der Waals surface area contributed by atoms with E-state index in [1.165, 1.54) is 13.1 Å². The lowest BCUT2D eigenvalue weighted by Gasteiger charge is -2.12. The second-order valence-electron chi connectivity index (χ2n) is 5.01. The molecule has 23 heavy (non-hydrogen) atoms. The number of nitrogens with zero attached hydrogens (tertiary/aromatic N) is 1. The highest BCUT2D eigenvalue weighted by Gasteiger charge is 2.14. The Bertz CT molecular complexity index is 660. The minimum atomic E-state index is -3.59. The van der Waals surface area contributed by atoms with Gasteiger partial charge in [0.2, 0.25) is 5.91 Å². The summed E-state index contributed by atoms with van der Waals surface area (Å²) in [5.74, 6) is -0.829. The molecule has 0 bridgehead atoms. The molecule has 1 rings (SSSR count). The normalized spacial score (nSPS) is 11.3. The van der Waals surface area contributed by atoms with Gasteiger partial charge in [0.25, 0.3) is 16.1 Å². The van der Waals surface area contributed by atoms with Crippen molar-refractivity contribution in [2.75, 3.05) is 18.4 Å². The molecule has 10 heteroatoms. The number of anilines is 1. The minimum Gasteiger partial charge on any atom is -0.349 e. The Morgan fingerprint density at radius 2 is 1.96 bits per heavy atom. The van der Waals surface area contributed by atoms with Crippen molar-refractivity contribution in [3.63, 3.8) is 0 Å². The van der Waals surface area contributed by atoms with Crippen molar-refractivity contribution in [1.82, 2.24) is 19.7 Å². The number of amides is 2. The van der Waals surface area contributed by atoms with Crippen LogP contribution in [0.15, 0.2) is 18.3 Å². The van der Waals surface area contributed by atoms with Crippen molar-refractivity contribution in [3.8, 4) is 0 Å². The van der Waals surface area contributed by atoms with Crippen LogP contribution in [0.4, 0.5) is 5.69 Å². The van der Waals surface area contributed by atoms with E-state index in [0.717, 1.165) is 0 Å². The Morgan fingerprint density at radius 3 is 2.57 bits per heavy atom. The smallest absolute Gasteiger partial charge is 0.277 e. The molecule has 0 aliphatic heterocycles. The van der Waals surface area contributed by atoms with Gasteiger partial charge >= 0.3 is 0 Å². The summed E-state index contributed by atoms with van der Waals surface area (Å²) < 4.78 is 27.7. The summed E-state index contributed by atoms with van der Waals surface area (Å²) in [4.78, 5) is 27.0. The number of pyridine rings is 1. The van der Waals surface area contributed by atoms with Crippen LogP contribution in [0.3, 0.4) is 0 Å². The number of hydrogen-bond acceptors (Lipinski definition) is 5. The zero-order valence-electron chi connectivity index (χ0n) is 13.2. The number of rotatable bonds is 8. The highest BCUT2D eigenvalue weighted by molar-refractivity contribution is 7.87. The summed E-state index contributed by atoms with van der Waals surface area (Å²) in [6, 6.07) is 2.92. The molecule has 9 nitrogen and oxygen atoms in total. The summed E-state index contributed by atoms with van der Waals surface area (Å²) in [5, 5.41) is 5.04. The topological polar surface area (TPSA) is 129 Å². The molecule has 1 heterocycles. The molecule has 0 atom stereocenters. The first-order valence-corrected chi connectivity index (χ1v) is 8.47. The van der Waals surface area contributed by atoms with Gasteiger partial charge in [0.1, 0.15) is 0 Å². The summed E-state index contributed by atoms with van der Waals surface area (Å²) in [7, 11) is -3.59. The molecule has 128 valence electrons. The van der Waals surface area contributed by atoms with E-state index in [1.807, 2.05) is 0 Å². The minimum absolute atomic E-state index is 0.0239. The van der Waals surface area contributed by atoms with Crippen LogP contribution in [0, 0.1) is 0 Å². The fourth-order valence-corrected chi connectivity index (χ4v) is 2.75. The van der Waals surface area contributed by atoms with Crippen LogP contribution in [0.25, 0.3) is 0 Å². The largest absolute Gasteiger partial charge is 0.349 e. The third-order valence-corrected chi connectivity index (χ3v) is 3.79. The molecule has 0 aliphatic rings. The van der Waals surface area contributed by atoms with Gasteiger partial charge in [-0.2, -0.15) is 13.1 Å². The lowest BCUT2D eigenvalue weighted by atomic mass is 10.2. The van der Waals surface area contributed by atoms with Crippen LogP contribution in [0.1, 0.15) is 31.3 Å². The van der Waals surface area contributed by atoms with E-state index in [4.69, 9.17) is 0 Å². The molecule has 0 aliphatic carbocycles. The van der Waals surface area contributed by atoms with Crippen LogP contribution in [-0.4, -0.2) is 44.3 Å². The lowest BCUT2D eigenvalue weighted by Crippen LogP contribution is -2.43. The molecular formula is C13H21N5O4S. The zero-order valence-corrected chi connectivity index (χ0v) is 14.0. The average Bonchev–Trinajstić information content (AvgIpc) is 2.42. The Morgan fingerprint density at radius 1 is 1.26 bits per heavy atom. The molecule has 0 radical (unpaired) electrons. The average molecular weight is 343 g/mol. The van der Waals surface area contributed by atoms with Gasteiger partial charge in [-0.1, -0.05) is 0 Å². The Balaban J connectivity index is 2.54. The van der Waals surface area contributed by atoms with Crippen molar-refractivity contribution in [2.45, 2.75) is 26.8 Å². The summed E-state index contributed by atoms with van der Waals surface area (Å²) >= 11 is 0. The van der Waals surface area contributed by atoms with Crippen LogP contribution in [0.2, 0.25) is 0 Å². The monoisotopic (exact) mass is 343 g/mol. The summed E-state index contributed by atoms with van der Waals surface area (Å²) in [6.45, 7) is 4.83. The van der Waals surface area contributed by atoms with Gasteiger partial charge in [0, 0.05) is 32.3 Å². The van der Waals surface area contributed by atoms with Crippen LogP contribution in [-0.2, 0) is 15.0 Å². The maximum Gasteiger partial charge on any atom is 0.277 e. The number of hydrogen-bond donors (Lipinski definition) is 4. The molecule has 0 saturated carbocycles. The second-order valence-corrected chi connectivity index (χ2v) is 6.54. The Kier molecular flexibility index (Phi) is 7.07. The summed E-state index contributed by atoms with van der Waals surface area (Å²) in [6.07, 6.45) is 1.43. The van der Waals surface area contributed by atoms with Crippen molar-refractivity contribution < 1.29 is 18.0 Å². The van der Waals surface area contributed by atoms with Gasteiger partial charge in [0.15, 0.2) is 5.69 Å². The van der Waals surface area contributed by atoms with E-state index in [2.05, 4.69) is 25.1 Å².